The van der Waals surface area contributed by atoms with E-state index in [9.17, 15) is 9.90 Å². The molecule has 0 radical (unpaired) electrons. The van der Waals surface area contributed by atoms with Gasteiger partial charge < -0.3 is 5.11 Å². The third-order valence-corrected chi connectivity index (χ3v) is 5.04. The number of nitrogens with zero attached hydrogens (tertiary/aromatic N) is 1. The molecule has 0 aliphatic carbocycles. The van der Waals surface area contributed by atoms with Crippen LogP contribution in [0.15, 0.2) is 29.3 Å². The van der Waals surface area contributed by atoms with Crippen molar-refractivity contribution in [1.82, 2.24) is 0 Å². The average molecular weight is 325 g/mol. The Labute approximate surface area is 135 Å². The number of carboxylic acid groups (broad SMARTS) is 1. The van der Waals surface area contributed by atoms with E-state index < -0.39 is 12.0 Å². The number of carbonyl (C=O) groups is 1. The van der Waals surface area contributed by atoms with Crippen LogP contribution in [0.2, 0.25) is 0 Å². The van der Waals surface area contributed by atoms with E-state index in [2.05, 4.69) is 31.8 Å². The van der Waals surface area contributed by atoms with E-state index in [1.165, 1.54) is 29.1 Å². The molecule has 0 saturated heterocycles. The molecule has 0 fully saturated rings. The number of rotatable bonds is 4. The molecule has 0 heterocycles. The molecule has 0 aliphatic rings. The Hall–Kier alpha value is -0.940. The Balaban J connectivity index is 3.12. The SMILES string of the molecule is CSC(=NC(Cc1ccccc1C(C)(C)C)C(=O)O)SC. The molecule has 0 aliphatic heterocycles. The third kappa shape index (κ3) is 5.40. The van der Waals surface area contributed by atoms with E-state index >= 15 is 0 Å². The number of aliphatic imine (C=N–C) groups is 1. The first-order valence-corrected chi connectivity index (χ1v) is 9.21. The predicted molar refractivity (Wildman–Crippen MR) is 94.7 cm³/mol. The Bertz CT molecular complexity index is 515. The molecule has 0 amide bonds. The molecule has 0 aromatic heterocycles. The van der Waals surface area contributed by atoms with Gasteiger partial charge in [-0.3, -0.25) is 4.99 Å². The maximum atomic E-state index is 11.5. The van der Waals surface area contributed by atoms with Crippen molar-refractivity contribution in [3.05, 3.63) is 35.4 Å². The highest BCUT2D eigenvalue weighted by Gasteiger charge is 2.23. The molecule has 1 N–H and O–H groups in total. The molecular weight excluding hydrogens is 302 g/mol. The maximum Gasteiger partial charge on any atom is 0.328 e. The molecule has 1 aromatic carbocycles. The Morgan fingerprint density at radius 3 is 2.29 bits per heavy atom. The van der Waals surface area contributed by atoms with Crippen molar-refractivity contribution in [3.63, 3.8) is 0 Å². The average Bonchev–Trinajstić information content (AvgIpc) is 2.42. The standard InChI is InChI=1S/C16H23NO2S2/c1-16(2,3)12-9-7-6-8-11(12)10-13(14(18)19)17-15(20-4)21-5/h6-9,13H,10H2,1-5H3,(H,18,19). The fourth-order valence-electron chi connectivity index (χ4n) is 2.14. The zero-order valence-corrected chi connectivity index (χ0v) is 14.8. The van der Waals surface area contributed by atoms with Crippen LogP contribution in [-0.2, 0) is 16.6 Å². The van der Waals surface area contributed by atoms with Gasteiger partial charge in [0.15, 0.2) is 6.04 Å². The van der Waals surface area contributed by atoms with Crippen LogP contribution in [0, 0.1) is 0 Å². The van der Waals surface area contributed by atoms with E-state index in [0.29, 0.717) is 6.42 Å². The minimum atomic E-state index is -0.876. The first-order chi connectivity index (χ1) is 9.79. The van der Waals surface area contributed by atoms with E-state index in [4.69, 9.17) is 0 Å². The highest BCUT2D eigenvalue weighted by Crippen LogP contribution is 2.27. The number of thioether (sulfide) groups is 2. The first-order valence-electron chi connectivity index (χ1n) is 6.76. The first kappa shape index (κ1) is 18.1. The van der Waals surface area contributed by atoms with Crippen LogP contribution in [0.25, 0.3) is 0 Å². The monoisotopic (exact) mass is 325 g/mol. The van der Waals surface area contributed by atoms with Gasteiger partial charge >= 0.3 is 5.97 Å². The number of hydrogen-bond donors (Lipinski definition) is 1. The van der Waals surface area contributed by atoms with Gasteiger partial charge in [0.05, 0.1) is 0 Å². The van der Waals surface area contributed by atoms with Crippen molar-refractivity contribution < 1.29 is 9.90 Å². The van der Waals surface area contributed by atoms with E-state index in [1.807, 2.05) is 30.7 Å². The third-order valence-electron chi connectivity index (χ3n) is 3.13. The van der Waals surface area contributed by atoms with Crippen molar-refractivity contribution >= 4 is 33.9 Å². The van der Waals surface area contributed by atoms with Crippen LogP contribution in [-0.4, -0.2) is 34.0 Å². The van der Waals surface area contributed by atoms with Gasteiger partial charge in [-0.05, 0) is 29.1 Å². The van der Waals surface area contributed by atoms with Gasteiger partial charge in [0.2, 0.25) is 0 Å². The fraction of sp³-hybridized carbons (Fsp3) is 0.500. The zero-order valence-electron chi connectivity index (χ0n) is 13.2. The molecule has 1 atom stereocenters. The summed E-state index contributed by atoms with van der Waals surface area (Å²) in [6.45, 7) is 6.42. The molecule has 0 spiro atoms. The Morgan fingerprint density at radius 1 is 1.24 bits per heavy atom. The van der Waals surface area contributed by atoms with Gasteiger partial charge in [-0.25, -0.2) is 4.79 Å². The van der Waals surface area contributed by atoms with Gasteiger partial charge in [0.1, 0.15) is 4.38 Å². The summed E-state index contributed by atoms with van der Waals surface area (Å²) in [6.07, 6.45) is 4.25. The molecule has 1 aromatic rings. The molecule has 21 heavy (non-hydrogen) atoms. The second kappa shape index (κ2) is 7.90. The summed E-state index contributed by atoms with van der Waals surface area (Å²) in [7, 11) is 0. The lowest BCUT2D eigenvalue weighted by atomic mass is 9.82. The number of benzene rings is 1. The smallest absolute Gasteiger partial charge is 0.328 e. The zero-order chi connectivity index (χ0) is 16.0. The quantitative estimate of drug-likeness (QED) is 0.670. The summed E-state index contributed by atoms with van der Waals surface area (Å²) in [4.78, 5) is 15.9. The van der Waals surface area contributed by atoms with Gasteiger partial charge in [-0.15, -0.1) is 23.5 Å². The predicted octanol–water partition coefficient (Wildman–Crippen LogP) is 4.06. The normalized spacial score (nSPS) is 12.8. The topological polar surface area (TPSA) is 49.7 Å². The summed E-state index contributed by atoms with van der Waals surface area (Å²) in [5.41, 5.74) is 2.23. The molecule has 0 saturated carbocycles. The minimum Gasteiger partial charge on any atom is -0.480 e. The van der Waals surface area contributed by atoms with Gasteiger partial charge in [0, 0.05) is 6.42 Å². The number of carboxylic acids is 1. The molecule has 116 valence electrons. The molecule has 3 nitrogen and oxygen atoms in total. The van der Waals surface area contributed by atoms with Gasteiger partial charge in [-0.1, -0.05) is 45.0 Å². The van der Waals surface area contributed by atoms with E-state index in [1.54, 1.807) is 0 Å². The van der Waals surface area contributed by atoms with Crippen molar-refractivity contribution in [2.75, 3.05) is 12.5 Å². The van der Waals surface area contributed by atoms with Crippen LogP contribution < -0.4 is 0 Å². The van der Waals surface area contributed by atoms with Crippen LogP contribution in [0.3, 0.4) is 0 Å². The second-order valence-electron chi connectivity index (χ2n) is 5.77. The van der Waals surface area contributed by atoms with E-state index in [-0.39, 0.29) is 5.41 Å². The van der Waals surface area contributed by atoms with Crippen molar-refractivity contribution in [2.45, 2.75) is 38.6 Å². The second-order valence-corrected chi connectivity index (χ2v) is 7.62. The lowest BCUT2D eigenvalue weighted by Gasteiger charge is -2.23. The summed E-state index contributed by atoms with van der Waals surface area (Å²) >= 11 is 2.97. The van der Waals surface area contributed by atoms with Gasteiger partial charge in [-0.2, -0.15) is 0 Å². The van der Waals surface area contributed by atoms with Crippen LogP contribution >= 0.6 is 23.5 Å². The molecule has 5 heteroatoms. The summed E-state index contributed by atoms with van der Waals surface area (Å²) in [5, 5.41) is 9.44. The largest absolute Gasteiger partial charge is 0.480 e. The van der Waals surface area contributed by atoms with Crippen molar-refractivity contribution in [3.8, 4) is 0 Å². The number of aliphatic carboxylic acids is 1. The van der Waals surface area contributed by atoms with Gasteiger partial charge in [0.25, 0.3) is 0 Å². The number of hydrogen-bond acceptors (Lipinski definition) is 4. The van der Waals surface area contributed by atoms with E-state index in [0.717, 1.165) is 9.94 Å². The minimum absolute atomic E-state index is 0.00873. The van der Waals surface area contributed by atoms with Crippen LogP contribution in [0.4, 0.5) is 0 Å². The molecular formula is C16H23NO2S2. The summed E-state index contributed by atoms with van der Waals surface area (Å²) in [6, 6.07) is 7.30. The molecule has 1 unspecified atom stereocenters. The fourth-order valence-corrected chi connectivity index (χ4v) is 3.27. The lowest BCUT2D eigenvalue weighted by Crippen LogP contribution is -2.24. The lowest BCUT2D eigenvalue weighted by molar-refractivity contribution is -0.138. The summed E-state index contributed by atoms with van der Waals surface area (Å²) in [5.74, 6) is -0.876. The Kier molecular flexibility index (Phi) is 6.81. The molecule has 0 bridgehead atoms. The Morgan fingerprint density at radius 2 is 1.81 bits per heavy atom. The van der Waals surface area contributed by atoms with Crippen molar-refractivity contribution in [2.24, 2.45) is 4.99 Å². The molecule has 1 rings (SSSR count). The maximum absolute atomic E-state index is 11.5. The van der Waals surface area contributed by atoms with Crippen molar-refractivity contribution in [1.29, 1.82) is 0 Å². The van der Waals surface area contributed by atoms with Crippen LogP contribution in [0.5, 0.6) is 0 Å². The highest BCUT2D eigenvalue weighted by molar-refractivity contribution is 8.38. The summed E-state index contributed by atoms with van der Waals surface area (Å²) < 4.78 is 0.802. The highest BCUT2D eigenvalue weighted by atomic mass is 32.2. The van der Waals surface area contributed by atoms with Crippen LogP contribution in [0.1, 0.15) is 31.9 Å².